The van der Waals surface area contributed by atoms with Gasteiger partial charge in [-0.3, -0.25) is 10.1 Å². The summed E-state index contributed by atoms with van der Waals surface area (Å²) in [7, 11) is 0. The lowest BCUT2D eigenvalue weighted by atomic mass is 9.95. The van der Waals surface area contributed by atoms with E-state index in [1.165, 1.54) is 11.3 Å². The molecule has 1 aromatic carbocycles. The van der Waals surface area contributed by atoms with E-state index in [9.17, 15) is 10.1 Å². The first-order valence-corrected chi connectivity index (χ1v) is 8.33. The third kappa shape index (κ3) is 4.18. The van der Waals surface area contributed by atoms with E-state index in [4.69, 9.17) is 17.3 Å². The van der Waals surface area contributed by atoms with E-state index in [1.54, 1.807) is 12.1 Å². The van der Waals surface area contributed by atoms with Crippen molar-refractivity contribution in [2.24, 2.45) is 0 Å². The van der Waals surface area contributed by atoms with Gasteiger partial charge in [-0.1, -0.05) is 37.1 Å². The monoisotopic (exact) mass is 339 g/mol. The van der Waals surface area contributed by atoms with Gasteiger partial charge in [0.2, 0.25) is 6.54 Å². The molecule has 0 fully saturated rings. The quantitative estimate of drug-likeness (QED) is 0.607. The number of anilines is 1. The zero-order valence-electron chi connectivity index (χ0n) is 12.3. The second-order valence-corrected chi connectivity index (χ2v) is 6.58. The number of nitrogens with two attached hydrogens (primary N) is 1. The van der Waals surface area contributed by atoms with Crippen LogP contribution in [0.1, 0.15) is 41.8 Å². The van der Waals surface area contributed by atoms with Crippen LogP contribution in [0.4, 0.5) is 5.13 Å². The highest BCUT2D eigenvalue weighted by Gasteiger charge is 2.26. The Morgan fingerprint density at radius 2 is 2.09 bits per heavy atom. The Kier molecular flexibility index (Phi) is 5.74. The third-order valence-electron chi connectivity index (χ3n) is 3.43. The van der Waals surface area contributed by atoms with Crippen molar-refractivity contribution < 1.29 is 4.92 Å². The van der Waals surface area contributed by atoms with Gasteiger partial charge in [-0.15, -0.1) is 11.3 Å². The maximum Gasteiger partial charge on any atom is 0.215 e. The first-order chi connectivity index (χ1) is 10.5. The molecule has 1 atom stereocenters. The normalized spacial score (nSPS) is 12.3. The van der Waals surface area contributed by atoms with Gasteiger partial charge in [-0.2, -0.15) is 0 Å². The van der Waals surface area contributed by atoms with Crippen molar-refractivity contribution in [2.45, 2.75) is 32.1 Å². The Balaban J connectivity index is 2.40. The van der Waals surface area contributed by atoms with Crippen molar-refractivity contribution in [3.63, 3.8) is 0 Å². The predicted molar refractivity (Wildman–Crippen MR) is 90.3 cm³/mol. The molecular formula is C15H18ClN3O2S. The van der Waals surface area contributed by atoms with E-state index in [0.29, 0.717) is 10.2 Å². The van der Waals surface area contributed by atoms with E-state index in [1.807, 2.05) is 12.1 Å². The molecule has 0 bridgehead atoms. The molecule has 1 heterocycles. The minimum absolute atomic E-state index is 0.178. The molecule has 1 aromatic heterocycles. The Hall–Kier alpha value is -1.66. The van der Waals surface area contributed by atoms with Gasteiger partial charge in [0, 0.05) is 14.8 Å². The van der Waals surface area contributed by atoms with Crippen LogP contribution in [-0.2, 0) is 6.42 Å². The average Bonchev–Trinajstić information content (AvgIpc) is 2.84. The van der Waals surface area contributed by atoms with Crippen LogP contribution in [0, 0.1) is 10.1 Å². The zero-order valence-corrected chi connectivity index (χ0v) is 13.9. The summed E-state index contributed by atoms with van der Waals surface area (Å²) in [6, 6.07) is 7.16. The van der Waals surface area contributed by atoms with Gasteiger partial charge in [-0.25, -0.2) is 4.98 Å². The third-order valence-corrected chi connectivity index (χ3v) is 4.72. The molecule has 0 saturated carbocycles. The standard InChI is InChI=1S/C15H18ClN3O2S/c1-2-3-4-13-14(22-15(17)18-13)12(9-19(20)21)10-5-7-11(16)8-6-10/h5-8,12H,2-4,9H2,1H3,(H2,17,18). The highest BCUT2D eigenvalue weighted by molar-refractivity contribution is 7.15. The summed E-state index contributed by atoms with van der Waals surface area (Å²) in [5.74, 6) is -0.339. The van der Waals surface area contributed by atoms with Gasteiger partial charge < -0.3 is 5.73 Å². The zero-order chi connectivity index (χ0) is 16.1. The molecule has 0 aliphatic rings. The fourth-order valence-corrected chi connectivity index (χ4v) is 3.49. The van der Waals surface area contributed by atoms with E-state index in [-0.39, 0.29) is 17.4 Å². The Morgan fingerprint density at radius 1 is 1.41 bits per heavy atom. The number of hydrogen-bond donors (Lipinski definition) is 1. The van der Waals surface area contributed by atoms with Crippen LogP contribution in [-0.4, -0.2) is 16.5 Å². The molecule has 0 amide bonds. The summed E-state index contributed by atoms with van der Waals surface area (Å²) < 4.78 is 0. The Labute approximate surface area is 138 Å². The first-order valence-electron chi connectivity index (χ1n) is 7.13. The Morgan fingerprint density at radius 3 is 2.68 bits per heavy atom. The molecular weight excluding hydrogens is 322 g/mol. The summed E-state index contributed by atoms with van der Waals surface area (Å²) in [6.07, 6.45) is 2.82. The van der Waals surface area contributed by atoms with Crippen LogP contribution in [0.25, 0.3) is 0 Å². The van der Waals surface area contributed by atoms with Crippen LogP contribution in [0.15, 0.2) is 24.3 Å². The fraction of sp³-hybridized carbons (Fsp3) is 0.400. The van der Waals surface area contributed by atoms with Crippen molar-refractivity contribution in [3.05, 3.63) is 55.5 Å². The minimum atomic E-state index is -0.339. The molecule has 118 valence electrons. The molecule has 2 N–H and O–H groups in total. The topological polar surface area (TPSA) is 82.0 Å². The molecule has 5 nitrogen and oxygen atoms in total. The van der Waals surface area contributed by atoms with Gasteiger partial charge in [-0.05, 0) is 30.5 Å². The van der Waals surface area contributed by atoms with Crippen molar-refractivity contribution in [1.29, 1.82) is 0 Å². The van der Waals surface area contributed by atoms with E-state index < -0.39 is 0 Å². The molecule has 0 saturated heterocycles. The largest absolute Gasteiger partial charge is 0.375 e. The number of nitrogens with zero attached hydrogens (tertiary/aromatic N) is 2. The number of aryl methyl sites for hydroxylation is 1. The summed E-state index contributed by atoms with van der Waals surface area (Å²) in [5, 5.41) is 12.2. The van der Waals surface area contributed by atoms with Gasteiger partial charge >= 0.3 is 0 Å². The van der Waals surface area contributed by atoms with E-state index >= 15 is 0 Å². The van der Waals surface area contributed by atoms with Gasteiger partial charge in [0.15, 0.2) is 5.13 Å². The highest BCUT2D eigenvalue weighted by atomic mass is 35.5. The van der Waals surface area contributed by atoms with Crippen molar-refractivity contribution in [1.82, 2.24) is 4.98 Å². The summed E-state index contributed by atoms with van der Waals surface area (Å²) in [5.41, 5.74) is 7.58. The number of halogens is 1. The summed E-state index contributed by atoms with van der Waals surface area (Å²) in [6.45, 7) is 1.92. The molecule has 0 aliphatic heterocycles. The van der Waals surface area contributed by atoms with Gasteiger partial charge in [0.1, 0.15) is 0 Å². The lowest BCUT2D eigenvalue weighted by molar-refractivity contribution is -0.481. The number of rotatable bonds is 7. The van der Waals surface area contributed by atoms with Gasteiger partial charge in [0.25, 0.3) is 0 Å². The maximum absolute atomic E-state index is 11.1. The summed E-state index contributed by atoms with van der Waals surface area (Å²) in [4.78, 5) is 16.1. The van der Waals surface area contributed by atoms with Crippen molar-refractivity contribution in [3.8, 4) is 0 Å². The molecule has 22 heavy (non-hydrogen) atoms. The molecule has 7 heteroatoms. The van der Waals surface area contributed by atoms with Gasteiger partial charge in [0.05, 0.1) is 11.6 Å². The second-order valence-electron chi connectivity index (χ2n) is 5.09. The minimum Gasteiger partial charge on any atom is -0.375 e. The van der Waals surface area contributed by atoms with Crippen LogP contribution in [0.3, 0.4) is 0 Å². The lowest BCUT2D eigenvalue weighted by Gasteiger charge is -2.13. The fourth-order valence-electron chi connectivity index (χ4n) is 2.36. The smallest absolute Gasteiger partial charge is 0.215 e. The molecule has 0 spiro atoms. The molecule has 2 rings (SSSR count). The SMILES string of the molecule is CCCCc1nc(N)sc1C(C[N+](=O)[O-])c1ccc(Cl)cc1. The van der Waals surface area contributed by atoms with E-state index in [2.05, 4.69) is 11.9 Å². The summed E-state index contributed by atoms with van der Waals surface area (Å²) >= 11 is 7.25. The van der Waals surface area contributed by atoms with Crippen LogP contribution in [0.2, 0.25) is 5.02 Å². The molecule has 1 unspecified atom stereocenters. The number of nitro groups is 1. The number of thiazole rings is 1. The number of hydrogen-bond acceptors (Lipinski definition) is 5. The van der Waals surface area contributed by atoms with Crippen molar-refractivity contribution >= 4 is 28.1 Å². The number of benzene rings is 1. The molecule has 0 radical (unpaired) electrons. The molecule has 0 aliphatic carbocycles. The number of unbranched alkanes of at least 4 members (excludes halogenated alkanes) is 1. The lowest BCUT2D eigenvalue weighted by Crippen LogP contribution is -2.14. The predicted octanol–water partition coefficient (Wildman–Crippen LogP) is 4.13. The Bertz CT molecular complexity index is 643. The van der Waals surface area contributed by atoms with Crippen LogP contribution < -0.4 is 5.73 Å². The first kappa shape index (κ1) is 16.7. The molecule has 2 aromatic rings. The number of nitrogen functional groups attached to an aromatic ring is 1. The van der Waals surface area contributed by atoms with E-state index in [0.717, 1.165) is 35.4 Å². The highest BCUT2D eigenvalue weighted by Crippen LogP contribution is 2.34. The van der Waals surface area contributed by atoms with Crippen LogP contribution in [0.5, 0.6) is 0 Å². The number of aromatic nitrogens is 1. The average molecular weight is 340 g/mol. The van der Waals surface area contributed by atoms with Crippen molar-refractivity contribution in [2.75, 3.05) is 12.3 Å². The van der Waals surface area contributed by atoms with Crippen LogP contribution >= 0.6 is 22.9 Å². The maximum atomic E-state index is 11.1. The second kappa shape index (κ2) is 7.56.